The van der Waals surface area contributed by atoms with Crippen molar-refractivity contribution in [2.75, 3.05) is 0 Å². The lowest BCUT2D eigenvalue weighted by atomic mass is 10.0. The highest BCUT2D eigenvalue weighted by atomic mass is 127. The van der Waals surface area contributed by atoms with Gasteiger partial charge in [0.15, 0.2) is 0 Å². The molecule has 0 atom stereocenters. The molecule has 0 fully saturated rings. The lowest BCUT2D eigenvalue weighted by Gasteiger charge is -2.11. The maximum Gasteiger partial charge on any atom is 0.0724 e. The summed E-state index contributed by atoms with van der Waals surface area (Å²) in [6.45, 7) is 3.68. The van der Waals surface area contributed by atoms with Gasteiger partial charge in [-0.2, -0.15) is 0 Å². The van der Waals surface area contributed by atoms with E-state index >= 15 is 0 Å². The monoisotopic (exact) mass is 478 g/mol. The van der Waals surface area contributed by atoms with Crippen LogP contribution in [0.3, 0.4) is 0 Å². The summed E-state index contributed by atoms with van der Waals surface area (Å²) in [5.41, 5.74) is 5.44. The van der Waals surface area contributed by atoms with E-state index in [1.807, 2.05) is 0 Å². The molecule has 148 valence electrons. The third kappa shape index (κ3) is 9.25. The van der Waals surface area contributed by atoms with Gasteiger partial charge >= 0.3 is 0 Å². The first-order chi connectivity index (χ1) is 13.3. The third-order valence-corrected chi connectivity index (χ3v) is 6.00. The zero-order valence-electron chi connectivity index (χ0n) is 16.9. The minimum Gasteiger partial charge on any atom is -0.372 e. The predicted octanol–water partition coefficient (Wildman–Crippen LogP) is 8.02. The van der Waals surface area contributed by atoms with E-state index in [1.165, 1.54) is 80.0 Å². The number of ether oxygens (including phenoxy) is 1. The van der Waals surface area contributed by atoms with E-state index in [1.54, 1.807) is 0 Å². The Hall–Kier alpha value is -0.870. The Labute approximate surface area is 180 Å². The molecule has 2 aromatic carbocycles. The molecule has 0 amide bonds. The smallest absolute Gasteiger partial charge is 0.0724 e. The summed E-state index contributed by atoms with van der Waals surface area (Å²) in [5.74, 6) is 0. The molecule has 0 aromatic heterocycles. The minimum atomic E-state index is 0.688. The highest BCUT2D eigenvalue weighted by Crippen LogP contribution is 2.17. The van der Waals surface area contributed by atoms with Gasteiger partial charge < -0.3 is 4.74 Å². The van der Waals surface area contributed by atoms with Gasteiger partial charge in [0.2, 0.25) is 0 Å². The molecule has 2 heteroatoms. The van der Waals surface area contributed by atoms with Crippen LogP contribution in [0.1, 0.15) is 80.5 Å². The third-order valence-electron chi connectivity index (χ3n) is 5.12. The van der Waals surface area contributed by atoms with Crippen LogP contribution in [0.4, 0.5) is 0 Å². The molecule has 0 spiro atoms. The van der Waals surface area contributed by atoms with Crippen molar-refractivity contribution in [1.29, 1.82) is 0 Å². The lowest BCUT2D eigenvalue weighted by Crippen LogP contribution is -1.99. The van der Waals surface area contributed by atoms with Crippen LogP contribution in [0.2, 0.25) is 0 Å². The van der Waals surface area contributed by atoms with E-state index in [9.17, 15) is 0 Å². The summed E-state index contributed by atoms with van der Waals surface area (Å²) in [6.07, 6.45) is 12.2. The van der Waals surface area contributed by atoms with Crippen LogP contribution in [-0.2, 0) is 28.8 Å². The maximum absolute atomic E-state index is 6.00. The number of halogens is 1. The van der Waals surface area contributed by atoms with Crippen molar-refractivity contribution in [2.24, 2.45) is 0 Å². The van der Waals surface area contributed by atoms with Gasteiger partial charge in [-0.25, -0.2) is 0 Å². The van der Waals surface area contributed by atoms with E-state index in [0.29, 0.717) is 13.2 Å². The number of hydrogen-bond donors (Lipinski definition) is 0. The van der Waals surface area contributed by atoms with Crippen LogP contribution in [-0.4, -0.2) is 0 Å². The van der Waals surface area contributed by atoms with Gasteiger partial charge in [0.1, 0.15) is 0 Å². The van der Waals surface area contributed by atoms with E-state index in [4.69, 9.17) is 4.74 Å². The molecule has 0 N–H and O–H groups in total. The summed E-state index contributed by atoms with van der Waals surface area (Å²) in [6, 6.07) is 17.5. The van der Waals surface area contributed by atoms with Crippen molar-refractivity contribution in [3.63, 3.8) is 0 Å². The molecule has 27 heavy (non-hydrogen) atoms. The Morgan fingerprint density at radius 1 is 0.667 bits per heavy atom. The van der Waals surface area contributed by atoms with Gasteiger partial charge in [-0.1, -0.05) is 123 Å². The van der Waals surface area contributed by atoms with Crippen molar-refractivity contribution in [1.82, 2.24) is 0 Å². The number of alkyl halides is 1. The molecule has 2 aromatic rings. The number of hydrogen-bond acceptors (Lipinski definition) is 1. The molecule has 0 aliphatic carbocycles. The lowest BCUT2D eigenvalue weighted by molar-refractivity contribution is 0.106. The molecule has 0 saturated carbocycles. The number of benzene rings is 2. The van der Waals surface area contributed by atoms with Gasteiger partial charge in [-0.15, -0.1) is 0 Å². The second-order valence-electron chi connectivity index (χ2n) is 7.44. The molecule has 0 heterocycles. The van der Waals surface area contributed by atoms with Crippen LogP contribution in [0, 0.1) is 0 Å². The largest absolute Gasteiger partial charge is 0.372 e. The Balaban J connectivity index is 1.68. The summed E-state index contributed by atoms with van der Waals surface area (Å²) in [4.78, 5) is 0. The van der Waals surface area contributed by atoms with Gasteiger partial charge in [0, 0.05) is 4.43 Å². The summed E-state index contributed by atoms with van der Waals surface area (Å²) in [5, 5.41) is 0. The number of unbranched alkanes of at least 4 members (excludes halogenated alkanes) is 7. The predicted molar refractivity (Wildman–Crippen MR) is 125 cm³/mol. The Morgan fingerprint density at radius 2 is 1.26 bits per heavy atom. The molecule has 0 radical (unpaired) electrons. The standard InChI is InChI=1S/C25H35IO/c1-2-3-4-5-6-7-8-9-12-24-13-10-11-14-25(24)21-27-20-23-17-15-22(19-26)16-18-23/h10-11,13-18H,2-9,12,19-21H2,1H3. The topological polar surface area (TPSA) is 9.23 Å². The van der Waals surface area contributed by atoms with Crippen LogP contribution in [0.15, 0.2) is 48.5 Å². The molecular weight excluding hydrogens is 443 g/mol. The second-order valence-corrected chi connectivity index (χ2v) is 8.20. The van der Waals surface area contributed by atoms with Gasteiger partial charge in [0.25, 0.3) is 0 Å². The first-order valence-corrected chi connectivity index (χ1v) is 12.1. The SMILES string of the molecule is CCCCCCCCCCc1ccccc1COCc1ccc(CI)cc1. The van der Waals surface area contributed by atoms with Crippen molar-refractivity contribution in [3.05, 3.63) is 70.8 Å². The van der Waals surface area contributed by atoms with Crippen molar-refractivity contribution in [2.45, 2.75) is 82.4 Å². The molecule has 0 unspecified atom stereocenters. The highest BCUT2D eigenvalue weighted by Gasteiger charge is 2.03. The summed E-state index contributed by atoms with van der Waals surface area (Å²) in [7, 11) is 0. The number of rotatable bonds is 14. The normalized spacial score (nSPS) is 11.0. The summed E-state index contributed by atoms with van der Waals surface area (Å²) < 4.78 is 7.06. The quantitative estimate of drug-likeness (QED) is 0.152. The van der Waals surface area contributed by atoms with E-state index < -0.39 is 0 Å². The van der Waals surface area contributed by atoms with E-state index in [0.717, 1.165) is 4.43 Å². The Kier molecular flexibility index (Phi) is 11.8. The number of aryl methyl sites for hydroxylation is 1. The molecule has 0 aliphatic rings. The first-order valence-electron chi connectivity index (χ1n) is 10.6. The molecule has 0 saturated heterocycles. The van der Waals surface area contributed by atoms with Crippen molar-refractivity contribution in [3.8, 4) is 0 Å². The highest BCUT2D eigenvalue weighted by molar-refractivity contribution is 14.1. The molecule has 1 nitrogen and oxygen atoms in total. The van der Waals surface area contributed by atoms with Crippen molar-refractivity contribution >= 4 is 22.6 Å². The zero-order chi connectivity index (χ0) is 19.2. The van der Waals surface area contributed by atoms with Crippen LogP contribution in [0.5, 0.6) is 0 Å². The Morgan fingerprint density at radius 3 is 1.93 bits per heavy atom. The van der Waals surface area contributed by atoms with Crippen molar-refractivity contribution < 1.29 is 4.74 Å². The molecule has 0 aliphatic heterocycles. The van der Waals surface area contributed by atoms with Crippen LogP contribution < -0.4 is 0 Å². The van der Waals surface area contributed by atoms with Crippen LogP contribution in [0.25, 0.3) is 0 Å². The maximum atomic E-state index is 6.00. The fourth-order valence-electron chi connectivity index (χ4n) is 3.39. The van der Waals surface area contributed by atoms with E-state index in [-0.39, 0.29) is 0 Å². The molecular formula is C25H35IO. The van der Waals surface area contributed by atoms with Gasteiger partial charge in [0.05, 0.1) is 13.2 Å². The van der Waals surface area contributed by atoms with Gasteiger partial charge in [-0.3, -0.25) is 0 Å². The van der Waals surface area contributed by atoms with E-state index in [2.05, 4.69) is 78.0 Å². The first kappa shape index (κ1) is 22.4. The summed E-state index contributed by atoms with van der Waals surface area (Å²) >= 11 is 2.40. The fraction of sp³-hybridized carbons (Fsp3) is 0.520. The zero-order valence-corrected chi connectivity index (χ0v) is 19.0. The van der Waals surface area contributed by atoms with Crippen LogP contribution >= 0.6 is 22.6 Å². The fourth-order valence-corrected chi connectivity index (χ4v) is 3.90. The molecule has 2 rings (SSSR count). The minimum absolute atomic E-state index is 0.688. The Bertz CT molecular complexity index is 620. The average Bonchev–Trinajstić information content (AvgIpc) is 2.71. The second kappa shape index (κ2) is 14.2. The molecule has 0 bridgehead atoms. The van der Waals surface area contributed by atoms with Gasteiger partial charge in [-0.05, 0) is 35.1 Å². The average molecular weight is 478 g/mol.